The molecule has 7 heteroatoms. The molecular formula is C27H32N2O5. The Kier molecular flexibility index (Phi) is 7.50. The summed E-state index contributed by atoms with van der Waals surface area (Å²) in [6, 6.07) is 15.6. The summed E-state index contributed by atoms with van der Waals surface area (Å²) in [5.74, 6) is -1.68. The fourth-order valence-electron chi connectivity index (χ4n) is 5.30. The monoisotopic (exact) mass is 464 g/mol. The number of rotatable bonds is 9. The van der Waals surface area contributed by atoms with Crippen LogP contribution in [0.15, 0.2) is 48.5 Å². The Morgan fingerprint density at radius 3 is 2.29 bits per heavy atom. The molecule has 1 fully saturated rings. The van der Waals surface area contributed by atoms with Gasteiger partial charge in [0.05, 0.1) is 5.92 Å². The second-order valence-electron chi connectivity index (χ2n) is 9.21. The van der Waals surface area contributed by atoms with E-state index in [2.05, 4.69) is 34.9 Å². The van der Waals surface area contributed by atoms with Crippen LogP contribution in [0, 0.1) is 5.92 Å². The van der Waals surface area contributed by atoms with E-state index >= 15 is 0 Å². The van der Waals surface area contributed by atoms with Crippen molar-refractivity contribution in [2.24, 2.45) is 5.92 Å². The van der Waals surface area contributed by atoms with Crippen LogP contribution in [0.4, 0.5) is 4.79 Å². The number of nitrogens with one attached hydrogen (secondary N) is 2. The maximum atomic E-state index is 12.6. The minimum Gasteiger partial charge on any atom is -0.481 e. The van der Waals surface area contributed by atoms with Gasteiger partial charge in [-0.2, -0.15) is 0 Å². The molecule has 0 heterocycles. The molecule has 34 heavy (non-hydrogen) atoms. The molecule has 0 aliphatic heterocycles. The van der Waals surface area contributed by atoms with Gasteiger partial charge in [0, 0.05) is 24.4 Å². The quantitative estimate of drug-likeness (QED) is 0.508. The van der Waals surface area contributed by atoms with Gasteiger partial charge in [0.15, 0.2) is 0 Å². The summed E-state index contributed by atoms with van der Waals surface area (Å²) in [4.78, 5) is 36.6. The Labute approximate surface area is 199 Å². The molecule has 2 amide bonds. The maximum Gasteiger partial charge on any atom is 0.407 e. The first kappa shape index (κ1) is 23.8. The van der Waals surface area contributed by atoms with Crippen LogP contribution in [0.5, 0.6) is 0 Å². The molecule has 2 aliphatic rings. The third-order valence-corrected chi connectivity index (χ3v) is 6.91. The summed E-state index contributed by atoms with van der Waals surface area (Å²) in [5, 5.41) is 15.0. The Morgan fingerprint density at radius 2 is 1.68 bits per heavy atom. The predicted molar refractivity (Wildman–Crippen MR) is 128 cm³/mol. The van der Waals surface area contributed by atoms with Crippen molar-refractivity contribution in [2.45, 2.75) is 63.5 Å². The minimum absolute atomic E-state index is 0.0265. The molecule has 0 bridgehead atoms. The van der Waals surface area contributed by atoms with Gasteiger partial charge in [0.25, 0.3) is 0 Å². The number of fused-ring (bicyclic) bond motifs is 3. The van der Waals surface area contributed by atoms with Crippen LogP contribution in [-0.4, -0.2) is 41.8 Å². The maximum absolute atomic E-state index is 12.6. The zero-order valence-electron chi connectivity index (χ0n) is 19.5. The number of carbonyl (C=O) groups is 3. The lowest BCUT2D eigenvalue weighted by Crippen LogP contribution is -2.44. The van der Waals surface area contributed by atoms with Gasteiger partial charge >= 0.3 is 12.1 Å². The number of alkyl carbamates (subject to hydrolysis) is 1. The molecule has 7 nitrogen and oxygen atoms in total. The highest BCUT2D eigenvalue weighted by atomic mass is 16.5. The normalized spacial score (nSPS) is 19.7. The van der Waals surface area contributed by atoms with Gasteiger partial charge in [0.2, 0.25) is 5.91 Å². The van der Waals surface area contributed by atoms with Gasteiger partial charge in [-0.1, -0.05) is 68.3 Å². The first-order valence-corrected chi connectivity index (χ1v) is 12.1. The van der Waals surface area contributed by atoms with Gasteiger partial charge in [-0.25, -0.2) is 4.79 Å². The lowest BCUT2D eigenvalue weighted by molar-refractivity contribution is -0.142. The van der Waals surface area contributed by atoms with E-state index in [1.807, 2.05) is 31.2 Å². The number of aliphatic carboxylic acids is 1. The fourth-order valence-corrected chi connectivity index (χ4v) is 5.30. The zero-order valence-corrected chi connectivity index (χ0v) is 19.5. The van der Waals surface area contributed by atoms with Crippen LogP contribution in [0.25, 0.3) is 11.1 Å². The number of amides is 2. The van der Waals surface area contributed by atoms with E-state index in [1.54, 1.807) is 0 Å². The third kappa shape index (κ3) is 5.24. The van der Waals surface area contributed by atoms with Crippen LogP contribution < -0.4 is 10.6 Å². The number of ether oxygens (including phenoxy) is 1. The highest BCUT2D eigenvalue weighted by Gasteiger charge is 2.34. The van der Waals surface area contributed by atoms with Crippen LogP contribution in [0.1, 0.15) is 62.5 Å². The van der Waals surface area contributed by atoms with Crippen molar-refractivity contribution < 1.29 is 24.2 Å². The Morgan fingerprint density at radius 1 is 1.03 bits per heavy atom. The molecule has 0 aromatic heterocycles. The summed E-state index contributed by atoms with van der Waals surface area (Å²) in [7, 11) is 0. The predicted octanol–water partition coefficient (Wildman–Crippen LogP) is 4.45. The minimum atomic E-state index is -0.871. The lowest BCUT2D eigenvalue weighted by atomic mass is 9.98. The first-order valence-electron chi connectivity index (χ1n) is 12.1. The number of carbonyl (C=O) groups excluding carboxylic acids is 2. The molecule has 180 valence electrons. The van der Waals surface area contributed by atoms with Gasteiger partial charge in [0.1, 0.15) is 6.61 Å². The van der Waals surface area contributed by atoms with Crippen LogP contribution in [-0.2, 0) is 14.3 Å². The number of benzene rings is 2. The molecule has 0 saturated heterocycles. The topological polar surface area (TPSA) is 105 Å². The fraction of sp³-hybridized carbons (Fsp3) is 0.444. The average Bonchev–Trinajstić information content (AvgIpc) is 3.40. The van der Waals surface area contributed by atoms with Crippen molar-refractivity contribution in [1.29, 1.82) is 0 Å². The molecule has 2 aliphatic carbocycles. The average molecular weight is 465 g/mol. The summed E-state index contributed by atoms with van der Waals surface area (Å²) in [6.07, 6.45) is 3.02. The molecule has 2 aromatic rings. The van der Waals surface area contributed by atoms with Crippen molar-refractivity contribution in [3.8, 4) is 11.1 Å². The summed E-state index contributed by atoms with van der Waals surface area (Å²) in [5.41, 5.74) is 4.62. The smallest absolute Gasteiger partial charge is 0.407 e. The number of carboxylic acids is 1. The molecule has 3 atom stereocenters. The lowest BCUT2D eigenvalue weighted by Gasteiger charge is -2.22. The number of hydrogen-bond donors (Lipinski definition) is 3. The first-order chi connectivity index (χ1) is 16.5. The van der Waals surface area contributed by atoms with E-state index in [1.165, 1.54) is 11.1 Å². The summed E-state index contributed by atoms with van der Waals surface area (Å²) in [6.45, 7) is 2.20. The van der Waals surface area contributed by atoms with Gasteiger partial charge < -0.3 is 20.5 Å². The van der Waals surface area contributed by atoms with Gasteiger partial charge in [-0.3, -0.25) is 9.59 Å². The molecule has 3 N–H and O–H groups in total. The van der Waals surface area contributed by atoms with E-state index < -0.39 is 18.0 Å². The van der Waals surface area contributed by atoms with Gasteiger partial charge in [-0.15, -0.1) is 0 Å². The molecule has 1 saturated carbocycles. The molecule has 2 aromatic carbocycles. The van der Waals surface area contributed by atoms with Crippen molar-refractivity contribution in [3.05, 3.63) is 59.7 Å². The third-order valence-electron chi connectivity index (χ3n) is 6.91. The van der Waals surface area contributed by atoms with E-state index in [4.69, 9.17) is 4.74 Å². The molecule has 0 spiro atoms. The highest BCUT2D eigenvalue weighted by molar-refractivity contribution is 5.80. The van der Waals surface area contributed by atoms with E-state index in [9.17, 15) is 19.5 Å². The van der Waals surface area contributed by atoms with Crippen molar-refractivity contribution in [1.82, 2.24) is 10.6 Å². The van der Waals surface area contributed by atoms with Crippen molar-refractivity contribution in [3.63, 3.8) is 0 Å². The van der Waals surface area contributed by atoms with Crippen LogP contribution in [0.2, 0.25) is 0 Å². The summed E-state index contributed by atoms with van der Waals surface area (Å²) < 4.78 is 5.62. The highest BCUT2D eigenvalue weighted by Crippen LogP contribution is 2.44. The van der Waals surface area contributed by atoms with E-state index in [0.29, 0.717) is 19.3 Å². The van der Waals surface area contributed by atoms with Crippen molar-refractivity contribution in [2.75, 3.05) is 6.61 Å². The largest absolute Gasteiger partial charge is 0.481 e. The Hall–Kier alpha value is -3.35. The Balaban J connectivity index is 1.33. The summed E-state index contributed by atoms with van der Waals surface area (Å²) >= 11 is 0. The van der Waals surface area contributed by atoms with Gasteiger partial charge in [-0.05, 0) is 41.5 Å². The second kappa shape index (κ2) is 10.7. The molecule has 0 unspecified atom stereocenters. The van der Waals surface area contributed by atoms with Crippen LogP contribution in [0.3, 0.4) is 0 Å². The van der Waals surface area contributed by atoms with Crippen LogP contribution >= 0.6 is 0 Å². The standard InChI is InChI=1S/C27H32N2O5/c1-2-8-17(15-25(30)29-24-14-7-13-22(24)26(31)32)28-27(33)34-16-23-20-11-5-3-9-18(20)19-10-4-6-12-21(19)23/h3-6,9-12,17,22-24H,2,7-8,13-16H2,1H3,(H,28,33)(H,29,30)(H,31,32)/t17-,22-,24+/m1/s1. The Bertz CT molecular complexity index is 1010. The van der Waals surface area contributed by atoms with Crippen molar-refractivity contribution >= 4 is 18.0 Å². The van der Waals surface area contributed by atoms with E-state index in [0.717, 1.165) is 24.0 Å². The second-order valence-corrected chi connectivity index (χ2v) is 9.21. The van der Waals surface area contributed by atoms with E-state index in [-0.39, 0.29) is 36.9 Å². The number of hydrogen-bond acceptors (Lipinski definition) is 4. The zero-order chi connectivity index (χ0) is 24.1. The molecular weight excluding hydrogens is 432 g/mol. The number of carboxylic acid groups (broad SMARTS) is 1. The SMILES string of the molecule is CCC[C@H](CC(=O)N[C@H]1CCC[C@H]1C(=O)O)NC(=O)OCC1c2ccccc2-c2ccccc21. The molecule has 0 radical (unpaired) electrons. The molecule has 4 rings (SSSR count).